The lowest BCUT2D eigenvalue weighted by Gasteiger charge is -2.21. The molecule has 1 fully saturated rings. The van der Waals surface area contributed by atoms with Crippen LogP contribution in [-0.4, -0.2) is 60.5 Å². The summed E-state index contributed by atoms with van der Waals surface area (Å²) in [6, 6.07) is 8.44. The number of H-pyrrole nitrogens is 1. The molecule has 1 aliphatic rings. The van der Waals surface area contributed by atoms with Gasteiger partial charge in [-0.25, -0.2) is 9.59 Å². The van der Waals surface area contributed by atoms with Gasteiger partial charge in [-0.3, -0.25) is 18.9 Å². The van der Waals surface area contributed by atoms with Crippen molar-refractivity contribution in [1.29, 1.82) is 0 Å². The second-order valence-electron chi connectivity index (χ2n) is 6.70. The van der Waals surface area contributed by atoms with Crippen molar-refractivity contribution < 1.29 is 38.8 Å². The first-order chi connectivity index (χ1) is 14.6. The Morgan fingerprint density at radius 2 is 1.87 bits per heavy atom. The van der Waals surface area contributed by atoms with E-state index in [4.69, 9.17) is 9.47 Å². The van der Waals surface area contributed by atoms with Crippen LogP contribution in [0.3, 0.4) is 0 Å². The van der Waals surface area contributed by atoms with Crippen molar-refractivity contribution in [3.8, 4) is 0 Å². The minimum Gasteiger partial charge on any atom is -0.428 e. The molecule has 31 heavy (non-hydrogen) atoms. The fourth-order valence-electron chi connectivity index (χ4n) is 3.03. The maximum absolute atomic E-state index is 12.1. The molecule has 1 aliphatic heterocycles. The van der Waals surface area contributed by atoms with Crippen LogP contribution in [0.5, 0.6) is 0 Å². The minimum atomic E-state index is -4.85. The predicted octanol–water partition coefficient (Wildman–Crippen LogP) is -1.24. The van der Waals surface area contributed by atoms with Crippen LogP contribution in [0.1, 0.15) is 17.6 Å². The molecular formula is C17H20N3O10P. The Morgan fingerprint density at radius 3 is 2.48 bits per heavy atom. The highest BCUT2D eigenvalue weighted by Crippen LogP contribution is 2.52. The van der Waals surface area contributed by atoms with Crippen molar-refractivity contribution >= 4 is 13.7 Å². The number of alkyl carbamates (subject to hydrolysis) is 1. The Kier molecular flexibility index (Phi) is 6.74. The first kappa shape index (κ1) is 22.9. The quantitative estimate of drug-likeness (QED) is 0.285. The van der Waals surface area contributed by atoms with Crippen molar-refractivity contribution in [2.75, 3.05) is 6.54 Å². The number of hydrogen-bond donors (Lipinski definition) is 6. The summed E-state index contributed by atoms with van der Waals surface area (Å²) in [5, 5.41) is 22.5. The van der Waals surface area contributed by atoms with E-state index >= 15 is 0 Å². The van der Waals surface area contributed by atoms with Crippen LogP contribution in [0.2, 0.25) is 0 Å². The Balaban J connectivity index is 1.65. The molecule has 0 saturated carbocycles. The summed E-state index contributed by atoms with van der Waals surface area (Å²) in [6.07, 6.45) is -5.72. The van der Waals surface area contributed by atoms with E-state index in [1.54, 1.807) is 6.07 Å². The molecule has 13 nitrogen and oxygen atoms in total. The lowest BCUT2D eigenvalue weighted by atomic mass is 10.1. The molecular weight excluding hydrogens is 437 g/mol. The van der Waals surface area contributed by atoms with E-state index in [1.165, 1.54) is 24.3 Å². The minimum absolute atomic E-state index is 0.0797. The summed E-state index contributed by atoms with van der Waals surface area (Å²) in [5.41, 5.74) is -1.45. The first-order valence-electron chi connectivity index (χ1n) is 8.95. The molecule has 2 heterocycles. The van der Waals surface area contributed by atoms with Crippen LogP contribution in [0.25, 0.3) is 0 Å². The maximum atomic E-state index is 12.1. The molecule has 0 spiro atoms. The van der Waals surface area contributed by atoms with Gasteiger partial charge in [-0.1, -0.05) is 30.3 Å². The van der Waals surface area contributed by atoms with Gasteiger partial charge in [0.1, 0.15) is 18.3 Å². The Morgan fingerprint density at radius 1 is 1.19 bits per heavy atom. The number of benzene rings is 1. The SMILES string of the molecule is O=C(NC[C@H]1O[C@@H](n2ccc(=O)[nH]c2=O)[C@H](O)[C@@H]1O)OC(c1ccccc1)P(=O)(O)O. The monoisotopic (exact) mass is 457 g/mol. The van der Waals surface area contributed by atoms with E-state index < -0.39 is 61.9 Å². The third-order valence-electron chi connectivity index (χ3n) is 4.52. The summed E-state index contributed by atoms with van der Waals surface area (Å²) in [4.78, 5) is 56.1. The molecule has 0 bridgehead atoms. The van der Waals surface area contributed by atoms with Gasteiger partial charge in [0.05, 0.1) is 0 Å². The molecule has 3 rings (SSSR count). The molecule has 14 heteroatoms. The van der Waals surface area contributed by atoms with E-state index in [-0.39, 0.29) is 5.56 Å². The van der Waals surface area contributed by atoms with Gasteiger partial charge in [-0.15, -0.1) is 0 Å². The van der Waals surface area contributed by atoms with Crippen molar-refractivity contribution in [3.05, 3.63) is 69.0 Å². The summed E-state index contributed by atoms with van der Waals surface area (Å²) in [6.45, 7) is -0.408. The second-order valence-corrected chi connectivity index (χ2v) is 8.35. The number of carbonyl (C=O) groups is 1. The van der Waals surface area contributed by atoms with Crippen LogP contribution >= 0.6 is 7.60 Å². The van der Waals surface area contributed by atoms with Gasteiger partial charge in [0, 0.05) is 24.4 Å². The summed E-state index contributed by atoms with van der Waals surface area (Å²) >= 11 is 0. The molecule has 1 saturated heterocycles. The zero-order valence-electron chi connectivity index (χ0n) is 15.8. The zero-order valence-corrected chi connectivity index (χ0v) is 16.7. The number of aliphatic hydroxyl groups excluding tert-OH is 2. The molecule has 168 valence electrons. The number of nitrogens with one attached hydrogen (secondary N) is 2. The van der Waals surface area contributed by atoms with Crippen LogP contribution in [-0.2, 0) is 14.0 Å². The van der Waals surface area contributed by atoms with Crippen molar-refractivity contribution in [1.82, 2.24) is 14.9 Å². The standard InChI is InChI=1S/C17H20N3O10P/c21-11-6-7-20(16(24)19-11)14-13(23)12(22)10(29-14)8-18-17(25)30-15(31(26,27)28)9-4-2-1-3-5-9/h1-7,10,12-15,22-23H,8H2,(H,18,25)(H,19,21,24)(H2,26,27,28)/t10-,12-,13-,14-,15?/m1/s1. The number of ether oxygens (including phenoxy) is 2. The van der Waals surface area contributed by atoms with E-state index in [0.29, 0.717) is 0 Å². The van der Waals surface area contributed by atoms with Crippen molar-refractivity contribution in [2.45, 2.75) is 30.4 Å². The molecule has 1 aromatic heterocycles. The fraction of sp³-hybridized carbons (Fsp3) is 0.353. The average Bonchev–Trinajstić information content (AvgIpc) is 2.99. The Hall–Kier alpha value is -2.80. The third-order valence-corrected chi connectivity index (χ3v) is 5.53. The highest BCUT2D eigenvalue weighted by atomic mass is 31.2. The normalized spacial score (nSPS) is 24.5. The zero-order chi connectivity index (χ0) is 22.8. The fourth-order valence-corrected chi connectivity index (χ4v) is 3.82. The number of rotatable bonds is 6. The number of aromatic amines is 1. The Labute approximate surface area is 174 Å². The van der Waals surface area contributed by atoms with Gasteiger partial charge in [-0.2, -0.15) is 0 Å². The molecule has 0 radical (unpaired) electrons. The lowest BCUT2D eigenvalue weighted by molar-refractivity contribution is -0.0391. The summed E-state index contributed by atoms with van der Waals surface area (Å²) < 4.78 is 22.9. The largest absolute Gasteiger partial charge is 0.428 e. The third kappa shape index (κ3) is 5.28. The molecule has 1 aromatic carbocycles. The molecule has 2 aromatic rings. The molecule has 0 aliphatic carbocycles. The molecule has 5 atom stereocenters. The van der Waals surface area contributed by atoms with Gasteiger partial charge < -0.3 is 34.8 Å². The molecule has 6 N–H and O–H groups in total. The van der Waals surface area contributed by atoms with Crippen molar-refractivity contribution in [3.63, 3.8) is 0 Å². The number of hydrogen-bond acceptors (Lipinski definition) is 8. The first-order valence-corrected chi connectivity index (χ1v) is 10.6. The lowest BCUT2D eigenvalue weighted by Crippen LogP contribution is -2.40. The summed E-state index contributed by atoms with van der Waals surface area (Å²) in [5.74, 6) is -1.85. The van der Waals surface area contributed by atoms with Crippen LogP contribution in [0.15, 0.2) is 52.2 Å². The topological polar surface area (TPSA) is 200 Å². The second kappa shape index (κ2) is 9.14. The Bertz CT molecular complexity index is 1080. The smallest absolute Gasteiger partial charge is 0.408 e. The number of aromatic nitrogens is 2. The highest BCUT2D eigenvalue weighted by molar-refractivity contribution is 7.52. The van der Waals surface area contributed by atoms with E-state index in [2.05, 4.69) is 5.32 Å². The predicted molar refractivity (Wildman–Crippen MR) is 103 cm³/mol. The number of nitrogens with zero attached hydrogens (tertiary/aromatic N) is 1. The van der Waals surface area contributed by atoms with Crippen LogP contribution in [0.4, 0.5) is 4.79 Å². The van der Waals surface area contributed by atoms with Gasteiger partial charge in [0.2, 0.25) is 5.85 Å². The molecule has 1 amide bonds. The molecule has 1 unspecified atom stereocenters. The van der Waals surface area contributed by atoms with Crippen LogP contribution < -0.4 is 16.6 Å². The van der Waals surface area contributed by atoms with Gasteiger partial charge >= 0.3 is 19.4 Å². The van der Waals surface area contributed by atoms with Gasteiger partial charge in [-0.05, 0) is 0 Å². The number of aliphatic hydroxyl groups is 2. The van der Waals surface area contributed by atoms with Gasteiger partial charge in [0.25, 0.3) is 5.56 Å². The van der Waals surface area contributed by atoms with Crippen molar-refractivity contribution in [2.24, 2.45) is 0 Å². The summed E-state index contributed by atoms with van der Waals surface area (Å²) in [7, 11) is -4.85. The van der Waals surface area contributed by atoms with E-state index in [1.807, 2.05) is 4.98 Å². The highest BCUT2D eigenvalue weighted by Gasteiger charge is 2.44. The van der Waals surface area contributed by atoms with Crippen LogP contribution in [0, 0.1) is 0 Å². The average molecular weight is 457 g/mol. The van der Waals surface area contributed by atoms with Gasteiger partial charge in [0.15, 0.2) is 6.23 Å². The maximum Gasteiger partial charge on any atom is 0.408 e. The van der Waals surface area contributed by atoms with E-state index in [9.17, 15) is 38.9 Å². The number of amides is 1. The van der Waals surface area contributed by atoms with E-state index in [0.717, 1.165) is 16.8 Å². The number of carbonyl (C=O) groups excluding carboxylic acids is 1.